The monoisotopic (exact) mass is 218 g/mol. The summed E-state index contributed by atoms with van der Waals surface area (Å²) < 4.78 is 0. The van der Waals surface area contributed by atoms with Gasteiger partial charge in [-0.25, -0.2) is 4.98 Å². The maximum Gasteiger partial charge on any atom is 0.217 e. The summed E-state index contributed by atoms with van der Waals surface area (Å²) >= 11 is 0. The molecule has 0 unspecified atom stereocenters. The van der Waals surface area contributed by atoms with Crippen molar-refractivity contribution in [2.45, 2.75) is 13.8 Å². The van der Waals surface area contributed by atoms with E-state index in [2.05, 4.69) is 10.3 Å². The molecule has 0 aliphatic carbocycles. The van der Waals surface area contributed by atoms with E-state index in [4.69, 9.17) is 0 Å². The van der Waals surface area contributed by atoms with E-state index in [0.29, 0.717) is 17.9 Å². The Balaban J connectivity index is 2.63. The molecule has 1 N–H and O–H groups in total. The zero-order valence-corrected chi connectivity index (χ0v) is 9.36. The molecule has 4 nitrogen and oxygen atoms in total. The maximum atomic E-state index is 11.1. The van der Waals surface area contributed by atoms with Crippen LogP contribution < -0.4 is 5.32 Å². The maximum absolute atomic E-state index is 11.1. The van der Waals surface area contributed by atoms with Crippen LogP contribution in [0.1, 0.15) is 30.0 Å². The predicted molar refractivity (Wildman–Crippen MR) is 62.0 cm³/mol. The van der Waals surface area contributed by atoms with Gasteiger partial charge in [0.15, 0.2) is 5.78 Å². The van der Waals surface area contributed by atoms with Gasteiger partial charge >= 0.3 is 0 Å². The van der Waals surface area contributed by atoms with Crippen LogP contribution in [0, 0.1) is 0 Å². The summed E-state index contributed by atoms with van der Waals surface area (Å²) in [6.45, 7) is 3.40. The molecule has 0 saturated heterocycles. The van der Waals surface area contributed by atoms with Crippen molar-refractivity contribution in [1.29, 1.82) is 0 Å². The van der Waals surface area contributed by atoms with Gasteiger partial charge in [0.25, 0.3) is 0 Å². The highest BCUT2D eigenvalue weighted by Gasteiger charge is 1.99. The molecule has 0 spiro atoms. The topological polar surface area (TPSA) is 59.1 Å². The minimum Gasteiger partial charge on any atom is -0.353 e. The van der Waals surface area contributed by atoms with Crippen LogP contribution >= 0.6 is 0 Å². The standard InChI is InChI=1S/C12H14N2O2/c1-9(15)12-7-3-5-11(14-12)6-4-8-13-10(2)16/h3-7H,8H2,1-2H3,(H,13,16). The molecule has 1 aromatic heterocycles. The van der Waals surface area contributed by atoms with Crippen LogP contribution in [-0.4, -0.2) is 23.2 Å². The van der Waals surface area contributed by atoms with Gasteiger partial charge in [-0.15, -0.1) is 0 Å². The number of amides is 1. The van der Waals surface area contributed by atoms with Crippen molar-refractivity contribution in [3.63, 3.8) is 0 Å². The zero-order chi connectivity index (χ0) is 12.0. The summed E-state index contributed by atoms with van der Waals surface area (Å²) in [5, 5.41) is 2.63. The number of carbonyl (C=O) groups is 2. The first-order valence-electron chi connectivity index (χ1n) is 4.98. The van der Waals surface area contributed by atoms with Crippen molar-refractivity contribution in [2.24, 2.45) is 0 Å². The van der Waals surface area contributed by atoms with E-state index < -0.39 is 0 Å². The normalized spacial score (nSPS) is 10.4. The molecule has 16 heavy (non-hydrogen) atoms. The average Bonchev–Trinajstić information content (AvgIpc) is 2.24. The number of rotatable bonds is 4. The fraction of sp³-hybridized carbons (Fsp3) is 0.250. The third-order valence-corrected chi connectivity index (χ3v) is 1.89. The average molecular weight is 218 g/mol. The molecule has 0 aromatic carbocycles. The molecule has 4 heteroatoms. The van der Waals surface area contributed by atoms with E-state index in [1.54, 1.807) is 30.4 Å². The molecule has 0 aliphatic heterocycles. The van der Waals surface area contributed by atoms with Gasteiger partial charge in [-0.3, -0.25) is 9.59 Å². The first kappa shape index (κ1) is 12.1. The number of carbonyl (C=O) groups excluding carboxylic acids is 2. The Morgan fingerprint density at radius 3 is 2.75 bits per heavy atom. The highest BCUT2D eigenvalue weighted by atomic mass is 16.1. The minimum atomic E-state index is -0.0740. The van der Waals surface area contributed by atoms with Crippen molar-refractivity contribution >= 4 is 17.8 Å². The molecule has 0 atom stereocenters. The number of pyridine rings is 1. The summed E-state index contributed by atoms with van der Waals surface area (Å²) in [6, 6.07) is 5.26. The summed E-state index contributed by atoms with van der Waals surface area (Å²) in [5.41, 5.74) is 1.15. The molecular weight excluding hydrogens is 204 g/mol. The zero-order valence-electron chi connectivity index (χ0n) is 9.36. The Bertz CT molecular complexity index is 425. The first-order chi connectivity index (χ1) is 7.59. The van der Waals surface area contributed by atoms with Crippen LogP contribution in [0.3, 0.4) is 0 Å². The quantitative estimate of drug-likeness (QED) is 0.778. The number of Topliss-reactive ketones (excluding diaryl/α,β-unsaturated/α-hetero) is 1. The number of ketones is 1. The third-order valence-electron chi connectivity index (χ3n) is 1.89. The van der Waals surface area contributed by atoms with E-state index in [1.165, 1.54) is 13.8 Å². The van der Waals surface area contributed by atoms with Crippen LogP contribution in [0.2, 0.25) is 0 Å². The SMILES string of the molecule is CC(=O)NCC=Cc1cccc(C(C)=O)n1. The van der Waals surface area contributed by atoms with E-state index in [0.717, 1.165) is 0 Å². The molecule has 1 heterocycles. The summed E-state index contributed by atoms with van der Waals surface area (Å²) in [5.74, 6) is -0.132. The Hall–Kier alpha value is -1.97. The molecule has 1 aromatic rings. The van der Waals surface area contributed by atoms with Crippen LogP contribution in [0.15, 0.2) is 24.3 Å². The molecule has 84 valence electrons. The van der Waals surface area contributed by atoms with Crippen molar-refractivity contribution in [3.8, 4) is 0 Å². The second-order valence-corrected chi connectivity index (χ2v) is 3.34. The third kappa shape index (κ3) is 4.04. The second kappa shape index (κ2) is 5.80. The van der Waals surface area contributed by atoms with Crippen molar-refractivity contribution in [1.82, 2.24) is 10.3 Å². The van der Waals surface area contributed by atoms with Gasteiger partial charge in [0.2, 0.25) is 5.91 Å². The van der Waals surface area contributed by atoms with Crippen LogP contribution in [0.25, 0.3) is 6.08 Å². The number of aromatic nitrogens is 1. The van der Waals surface area contributed by atoms with Crippen LogP contribution in [0.4, 0.5) is 0 Å². The highest BCUT2D eigenvalue weighted by Crippen LogP contribution is 2.02. The molecule has 0 fully saturated rings. The number of hydrogen-bond acceptors (Lipinski definition) is 3. The fourth-order valence-electron chi connectivity index (χ4n) is 1.12. The Morgan fingerprint density at radius 2 is 2.12 bits per heavy atom. The lowest BCUT2D eigenvalue weighted by Crippen LogP contribution is -2.19. The molecule has 0 saturated carbocycles. The molecule has 0 radical (unpaired) electrons. The molecule has 0 bridgehead atoms. The Kier molecular flexibility index (Phi) is 4.39. The first-order valence-corrected chi connectivity index (χ1v) is 4.98. The summed E-state index contributed by atoms with van der Waals surface area (Å²) in [7, 11) is 0. The van der Waals surface area contributed by atoms with Crippen LogP contribution in [-0.2, 0) is 4.79 Å². The predicted octanol–water partition coefficient (Wildman–Crippen LogP) is 1.43. The van der Waals surface area contributed by atoms with Gasteiger partial charge in [-0.2, -0.15) is 0 Å². The second-order valence-electron chi connectivity index (χ2n) is 3.34. The van der Waals surface area contributed by atoms with Gasteiger partial charge in [0, 0.05) is 20.4 Å². The van der Waals surface area contributed by atoms with Crippen molar-refractivity contribution < 1.29 is 9.59 Å². The van der Waals surface area contributed by atoms with Crippen LogP contribution in [0.5, 0.6) is 0 Å². The lowest BCUT2D eigenvalue weighted by molar-refractivity contribution is -0.118. The lowest BCUT2D eigenvalue weighted by atomic mass is 10.2. The van der Waals surface area contributed by atoms with E-state index >= 15 is 0 Å². The van der Waals surface area contributed by atoms with Gasteiger partial charge in [-0.05, 0) is 18.2 Å². The number of nitrogens with zero attached hydrogens (tertiary/aromatic N) is 1. The molecule has 1 rings (SSSR count). The van der Waals surface area contributed by atoms with E-state index in [9.17, 15) is 9.59 Å². The molecule has 1 amide bonds. The van der Waals surface area contributed by atoms with Gasteiger partial charge < -0.3 is 5.32 Å². The fourth-order valence-corrected chi connectivity index (χ4v) is 1.12. The van der Waals surface area contributed by atoms with Gasteiger partial charge in [0.05, 0.1) is 5.69 Å². The Labute approximate surface area is 94.4 Å². The van der Waals surface area contributed by atoms with E-state index in [-0.39, 0.29) is 11.7 Å². The molecule has 0 aliphatic rings. The lowest BCUT2D eigenvalue weighted by Gasteiger charge is -1.97. The van der Waals surface area contributed by atoms with Gasteiger partial charge in [-0.1, -0.05) is 12.1 Å². The number of hydrogen-bond donors (Lipinski definition) is 1. The molecular formula is C12H14N2O2. The smallest absolute Gasteiger partial charge is 0.217 e. The summed E-state index contributed by atoms with van der Waals surface area (Å²) in [4.78, 5) is 25.8. The summed E-state index contributed by atoms with van der Waals surface area (Å²) in [6.07, 6.45) is 3.55. The highest BCUT2D eigenvalue weighted by molar-refractivity contribution is 5.92. The van der Waals surface area contributed by atoms with Crippen molar-refractivity contribution in [3.05, 3.63) is 35.7 Å². The largest absolute Gasteiger partial charge is 0.353 e. The number of nitrogens with one attached hydrogen (secondary N) is 1. The van der Waals surface area contributed by atoms with E-state index in [1.807, 2.05) is 0 Å². The Morgan fingerprint density at radius 1 is 1.38 bits per heavy atom. The van der Waals surface area contributed by atoms with Crippen molar-refractivity contribution in [2.75, 3.05) is 6.54 Å². The minimum absolute atomic E-state index is 0.0582. The van der Waals surface area contributed by atoms with Gasteiger partial charge in [0.1, 0.15) is 5.69 Å².